The number of hydrogen-bond donors (Lipinski definition) is 1. The van der Waals surface area contributed by atoms with Crippen LogP contribution in [0.15, 0.2) is 71.9 Å². The van der Waals surface area contributed by atoms with Gasteiger partial charge in [-0.15, -0.1) is 10.2 Å². The number of anilines is 2. The summed E-state index contributed by atoms with van der Waals surface area (Å²) in [6.07, 6.45) is 0. The van der Waals surface area contributed by atoms with E-state index >= 15 is 0 Å². The lowest BCUT2D eigenvalue weighted by Crippen LogP contribution is -2.37. The molecule has 0 unspecified atom stereocenters. The summed E-state index contributed by atoms with van der Waals surface area (Å²) in [4.78, 5) is 15.0. The SMILES string of the molecule is Cn1c(SCC(=O)Nc2cc(-c3ccccc3)nn2-c2ccccc2)nnc1N1CCOCC1. The Labute approximate surface area is 201 Å². The van der Waals surface area contributed by atoms with E-state index in [2.05, 4.69) is 20.4 Å². The van der Waals surface area contributed by atoms with Crippen molar-refractivity contribution in [3.05, 3.63) is 66.7 Å². The predicted octanol–water partition coefficient (Wildman–Crippen LogP) is 3.24. The molecule has 9 nitrogen and oxygen atoms in total. The maximum Gasteiger partial charge on any atom is 0.236 e. The van der Waals surface area contributed by atoms with Crippen LogP contribution in [0.4, 0.5) is 11.8 Å². The maximum atomic E-state index is 12.9. The largest absolute Gasteiger partial charge is 0.378 e. The Kier molecular flexibility index (Phi) is 6.59. The van der Waals surface area contributed by atoms with Crippen LogP contribution in [0.3, 0.4) is 0 Å². The summed E-state index contributed by atoms with van der Waals surface area (Å²) in [5, 5.41) is 17.0. The molecule has 3 heterocycles. The Morgan fingerprint density at radius 1 is 1.03 bits per heavy atom. The highest BCUT2D eigenvalue weighted by molar-refractivity contribution is 7.99. The minimum absolute atomic E-state index is 0.141. The van der Waals surface area contributed by atoms with Crippen LogP contribution in [0.5, 0.6) is 0 Å². The molecule has 5 rings (SSSR count). The number of nitrogens with one attached hydrogen (secondary N) is 1. The minimum atomic E-state index is -0.141. The Bertz CT molecular complexity index is 1250. The third-order valence-electron chi connectivity index (χ3n) is 5.49. The third kappa shape index (κ3) is 4.82. The van der Waals surface area contributed by atoms with Crippen molar-refractivity contribution in [1.29, 1.82) is 0 Å². The van der Waals surface area contributed by atoms with Crippen molar-refractivity contribution in [2.24, 2.45) is 7.05 Å². The van der Waals surface area contributed by atoms with Gasteiger partial charge in [-0.1, -0.05) is 60.3 Å². The smallest absolute Gasteiger partial charge is 0.236 e. The summed E-state index contributed by atoms with van der Waals surface area (Å²) >= 11 is 1.35. The molecule has 2 aromatic heterocycles. The second-order valence-electron chi connectivity index (χ2n) is 7.81. The molecule has 0 bridgehead atoms. The molecule has 4 aromatic rings. The fourth-order valence-corrected chi connectivity index (χ4v) is 4.47. The van der Waals surface area contributed by atoms with Crippen molar-refractivity contribution in [1.82, 2.24) is 24.5 Å². The van der Waals surface area contributed by atoms with Gasteiger partial charge in [-0.2, -0.15) is 5.10 Å². The van der Waals surface area contributed by atoms with E-state index in [1.54, 1.807) is 4.68 Å². The summed E-state index contributed by atoms with van der Waals surface area (Å²) in [7, 11) is 1.92. The highest BCUT2D eigenvalue weighted by Gasteiger charge is 2.20. The van der Waals surface area contributed by atoms with E-state index in [0.29, 0.717) is 24.2 Å². The average molecular weight is 476 g/mol. The fraction of sp³-hybridized carbons (Fsp3) is 0.250. The van der Waals surface area contributed by atoms with Crippen LogP contribution in [-0.4, -0.2) is 62.5 Å². The quantitative estimate of drug-likeness (QED) is 0.411. The number of nitrogens with zero attached hydrogens (tertiary/aromatic N) is 6. The summed E-state index contributed by atoms with van der Waals surface area (Å²) in [5.74, 6) is 1.47. The molecule has 1 aliphatic heterocycles. The van der Waals surface area contributed by atoms with Gasteiger partial charge in [-0.3, -0.25) is 9.36 Å². The monoisotopic (exact) mass is 475 g/mol. The van der Waals surface area contributed by atoms with E-state index in [9.17, 15) is 4.79 Å². The summed E-state index contributed by atoms with van der Waals surface area (Å²) in [6, 6.07) is 21.6. The molecule has 1 aliphatic rings. The molecule has 1 fully saturated rings. The van der Waals surface area contributed by atoms with Gasteiger partial charge in [0.25, 0.3) is 0 Å². The van der Waals surface area contributed by atoms with Gasteiger partial charge in [0.1, 0.15) is 5.82 Å². The van der Waals surface area contributed by atoms with Gasteiger partial charge in [-0.25, -0.2) is 4.68 Å². The van der Waals surface area contributed by atoms with E-state index in [-0.39, 0.29) is 11.7 Å². The van der Waals surface area contributed by atoms with Crippen molar-refractivity contribution in [2.45, 2.75) is 5.16 Å². The van der Waals surface area contributed by atoms with Crippen molar-refractivity contribution in [3.63, 3.8) is 0 Å². The zero-order valence-electron chi connectivity index (χ0n) is 18.8. The highest BCUT2D eigenvalue weighted by Crippen LogP contribution is 2.26. The number of thioether (sulfide) groups is 1. The number of amides is 1. The van der Waals surface area contributed by atoms with Gasteiger partial charge in [0.15, 0.2) is 5.16 Å². The predicted molar refractivity (Wildman–Crippen MR) is 132 cm³/mol. The molecule has 1 saturated heterocycles. The Balaban J connectivity index is 1.31. The highest BCUT2D eigenvalue weighted by atomic mass is 32.2. The van der Waals surface area contributed by atoms with Crippen molar-refractivity contribution >= 4 is 29.4 Å². The number of morpholine rings is 1. The number of para-hydroxylation sites is 1. The van der Waals surface area contributed by atoms with Crippen LogP contribution >= 0.6 is 11.8 Å². The molecule has 0 saturated carbocycles. The molecule has 0 aliphatic carbocycles. The van der Waals surface area contributed by atoms with Crippen LogP contribution < -0.4 is 10.2 Å². The Morgan fingerprint density at radius 3 is 2.47 bits per heavy atom. The van der Waals surface area contributed by atoms with Gasteiger partial charge in [0.2, 0.25) is 11.9 Å². The number of aromatic nitrogens is 5. The molecule has 1 N–H and O–H groups in total. The molecule has 1 amide bonds. The lowest BCUT2D eigenvalue weighted by molar-refractivity contribution is -0.113. The Hall–Kier alpha value is -3.63. The van der Waals surface area contributed by atoms with Crippen molar-refractivity contribution in [2.75, 3.05) is 42.3 Å². The number of carbonyl (C=O) groups excluding carboxylic acids is 1. The summed E-state index contributed by atoms with van der Waals surface area (Å²) in [5.41, 5.74) is 2.64. The zero-order valence-corrected chi connectivity index (χ0v) is 19.6. The van der Waals surface area contributed by atoms with E-state index in [4.69, 9.17) is 9.84 Å². The van der Waals surface area contributed by atoms with Crippen LogP contribution in [-0.2, 0) is 16.6 Å². The maximum absolute atomic E-state index is 12.9. The summed E-state index contributed by atoms with van der Waals surface area (Å²) in [6.45, 7) is 2.92. The van der Waals surface area contributed by atoms with Gasteiger partial charge < -0.3 is 15.0 Å². The van der Waals surface area contributed by atoms with Gasteiger partial charge in [0.05, 0.1) is 30.3 Å². The van der Waals surface area contributed by atoms with Gasteiger partial charge >= 0.3 is 0 Å². The first-order chi connectivity index (χ1) is 16.7. The molecule has 0 atom stereocenters. The normalized spacial score (nSPS) is 13.7. The second-order valence-corrected chi connectivity index (χ2v) is 8.75. The van der Waals surface area contributed by atoms with E-state index < -0.39 is 0 Å². The molecular weight excluding hydrogens is 450 g/mol. The van der Waals surface area contributed by atoms with Crippen molar-refractivity contribution in [3.8, 4) is 16.9 Å². The topological polar surface area (TPSA) is 90.1 Å². The van der Waals surface area contributed by atoms with Gasteiger partial charge in [-0.05, 0) is 12.1 Å². The first-order valence-corrected chi connectivity index (χ1v) is 12.0. The fourth-order valence-electron chi connectivity index (χ4n) is 3.77. The van der Waals surface area contributed by atoms with Crippen LogP contribution in [0.1, 0.15) is 0 Å². The number of carbonyl (C=O) groups is 1. The first-order valence-electron chi connectivity index (χ1n) is 11.0. The Morgan fingerprint density at radius 2 is 1.74 bits per heavy atom. The van der Waals surface area contributed by atoms with E-state index in [1.165, 1.54) is 11.8 Å². The van der Waals surface area contributed by atoms with Gasteiger partial charge in [0, 0.05) is 31.8 Å². The molecule has 0 spiro atoms. The van der Waals surface area contributed by atoms with E-state index in [0.717, 1.165) is 36.0 Å². The average Bonchev–Trinajstić information content (AvgIpc) is 3.48. The van der Waals surface area contributed by atoms with Crippen LogP contribution in [0.2, 0.25) is 0 Å². The minimum Gasteiger partial charge on any atom is -0.378 e. The molecule has 0 radical (unpaired) electrons. The number of rotatable bonds is 7. The van der Waals surface area contributed by atoms with Crippen LogP contribution in [0.25, 0.3) is 16.9 Å². The third-order valence-corrected chi connectivity index (χ3v) is 6.51. The lowest BCUT2D eigenvalue weighted by atomic mass is 10.2. The summed E-state index contributed by atoms with van der Waals surface area (Å²) < 4.78 is 9.09. The first kappa shape index (κ1) is 22.2. The van der Waals surface area contributed by atoms with Crippen LogP contribution in [0, 0.1) is 0 Å². The van der Waals surface area contributed by atoms with E-state index in [1.807, 2.05) is 78.3 Å². The standard InChI is InChI=1S/C24H25N7O2S/c1-29-23(30-12-14-33-15-13-30)26-27-24(29)34-17-22(32)25-21-16-20(18-8-4-2-5-9-18)28-31(21)19-10-6-3-7-11-19/h2-11,16H,12-15,17H2,1H3,(H,25,32). The number of hydrogen-bond acceptors (Lipinski definition) is 7. The molecule has 2 aromatic carbocycles. The van der Waals surface area contributed by atoms with Crippen molar-refractivity contribution < 1.29 is 9.53 Å². The second kappa shape index (κ2) is 10.1. The molecule has 174 valence electrons. The zero-order chi connectivity index (χ0) is 23.3. The molecular formula is C24H25N7O2S. The molecule has 10 heteroatoms. The molecule has 34 heavy (non-hydrogen) atoms. The lowest BCUT2D eigenvalue weighted by Gasteiger charge is -2.27. The number of benzene rings is 2. The number of ether oxygens (including phenoxy) is 1.